The van der Waals surface area contributed by atoms with Crippen LogP contribution in [0.1, 0.15) is 24.5 Å². The van der Waals surface area contributed by atoms with Crippen molar-refractivity contribution < 1.29 is 4.79 Å². The maximum atomic E-state index is 12.6. The van der Waals surface area contributed by atoms with Gasteiger partial charge in [0.1, 0.15) is 0 Å². The highest BCUT2D eigenvalue weighted by Gasteiger charge is 2.21. The molecule has 3 rings (SSSR count). The molecule has 7 heteroatoms. The number of thioether (sulfide) groups is 1. The van der Waals surface area contributed by atoms with Crippen molar-refractivity contribution in [3.8, 4) is 0 Å². The molecule has 0 saturated carbocycles. The van der Waals surface area contributed by atoms with Crippen LogP contribution in [0.5, 0.6) is 0 Å². The molecule has 146 valence electrons. The first kappa shape index (κ1) is 19.9. The van der Waals surface area contributed by atoms with Gasteiger partial charge in [0.2, 0.25) is 5.91 Å². The molecule has 1 aromatic heterocycles. The molecule has 28 heavy (non-hydrogen) atoms. The lowest BCUT2D eigenvalue weighted by Crippen LogP contribution is -2.32. The Hall–Kier alpha value is -2.80. The monoisotopic (exact) mass is 396 g/mol. The van der Waals surface area contributed by atoms with Gasteiger partial charge in [0.05, 0.1) is 5.25 Å². The second kappa shape index (κ2) is 9.94. The fourth-order valence-electron chi connectivity index (χ4n) is 2.82. The quantitative estimate of drug-likeness (QED) is 0.545. The summed E-state index contributed by atoms with van der Waals surface area (Å²) in [5, 5.41) is 9.83. The molecule has 1 atom stereocenters. The largest absolute Gasteiger partial charge is 0.351 e. The van der Waals surface area contributed by atoms with E-state index in [1.54, 1.807) is 4.57 Å². The highest BCUT2D eigenvalue weighted by molar-refractivity contribution is 8.00. The van der Waals surface area contributed by atoms with Gasteiger partial charge < -0.3 is 5.32 Å². The number of hydrogen-bond acceptors (Lipinski definition) is 4. The molecule has 0 aliphatic heterocycles. The Morgan fingerprint density at radius 2 is 1.75 bits per heavy atom. The van der Waals surface area contributed by atoms with Crippen LogP contribution in [0.4, 0.5) is 0 Å². The molecule has 0 aliphatic carbocycles. The van der Waals surface area contributed by atoms with Gasteiger partial charge in [0, 0.05) is 13.1 Å². The van der Waals surface area contributed by atoms with Crippen LogP contribution in [0, 0.1) is 0 Å². The zero-order valence-corrected chi connectivity index (χ0v) is 16.6. The molecule has 0 aliphatic rings. The number of benzene rings is 2. The number of nitrogens with zero attached hydrogens (tertiary/aromatic N) is 2. The zero-order valence-electron chi connectivity index (χ0n) is 15.8. The molecule has 0 saturated heterocycles. The van der Waals surface area contributed by atoms with E-state index in [0.717, 1.165) is 17.5 Å². The Bertz CT molecular complexity index is 938. The highest BCUT2D eigenvalue weighted by atomic mass is 32.2. The minimum Gasteiger partial charge on any atom is -0.351 e. The smallest absolute Gasteiger partial charge is 0.343 e. The molecule has 2 aromatic carbocycles. The number of aromatic amines is 1. The molecule has 2 N–H and O–H groups in total. The summed E-state index contributed by atoms with van der Waals surface area (Å²) in [7, 11) is 0. The van der Waals surface area contributed by atoms with E-state index in [2.05, 4.69) is 15.5 Å². The van der Waals surface area contributed by atoms with E-state index in [-0.39, 0.29) is 16.8 Å². The Kier molecular flexibility index (Phi) is 7.08. The molecule has 0 spiro atoms. The van der Waals surface area contributed by atoms with E-state index in [1.807, 2.05) is 67.6 Å². The lowest BCUT2D eigenvalue weighted by atomic mass is 10.1. The number of hydrogen-bond donors (Lipinski definition) is 2. The van der Waals surface area contributed by atoms with Gasteiger partial charge in [0.25, 0.3) is 0 Å². The van der Waals surface area contributed by atoms with Crippen molar-refractivity contribution in [3.63, 3.8) is 0 Å². The molecular formula is C21H24N4O2S. The maximum Gasteiger partial charge on any atom is 0.343 e. The molecule has 1 amide bonds. The SMILES string of the molecule is CCC(Sc1n[nH]c(=O)n1CCc1ccccc1)C(=O)NCc1ccccc1. The van der Waals surface area contributed by atoms with Gasteiger partial charge >= 0.3 is 5.69 Å². The summed E-state index contributed by atoms with van der Waals surface area (Å²) in [5.74, 6) is -0.0542. The van der Waals surface area contributed by atoms with Crippen molar-refractivity contribution >= 4 is 17.7 Å². The predicted octanol–water partition coefficient (Wildman–Crippen LogP) is 3.00. The van der Waals surface area contributed by atoms with Crippen molar-refractivity contribution in [2.24, 2.45) is 0 Å². The first-order chi connectivity index (χ1) is 13.7. The third-order valence-electron chi connectivity index (χ3n) is 4.41. The molecule has 3 aromatic rings. The molecule has 0 radical (unpaired) electrons. The summed E-state index contributed by atoms with van der Waals surface area (Å²) < 4.78 is 1.60. The van der Waals surface area contributed by atoms with Gasteiger partial charge in [-0.05, 0) is 24.0 Å². The van der Waals surface area contributed by atoms with Gasteiger partial charge in [-0.15, -0.1) is 5.10 Å². The van der Waals surface area contributed by atoms with E-state index in [0.29, 0.717) is 24.7 Å². The van der Waals surface area contributed by atoms with E-state index < -0.39 is 0 Å². The Morgan fingerprint density at radius 1 is 1.11 bits per heavy atom. The number of carbonyl (C=O) groups is 1. The average Bonchev–Trinajstić information content (AvgIpc) is 3.09. The lowest BCUT2D eigenvalue weighted by Gasteiger charge is -2.14. The van der Waals surface area contributed by atoms with Crippen molar-refractivity contribution in [1.82, 2.24) is 20.1 Å². The number of aryl methyl sites for hydroxylation is 1. The summed E-state index contributed by atoms with van der Waals surface area (Å²) in [6.45, 7) is 2.96. The summed E-state index contributed by atoms with van der Waals surface area (Å²) in [6.07, 6.45) is 1.37. The van der Waals surface area contributed by atoms with E-state index in [9.17, 15) is 9.59 Å². The van der Waals surface area contributed by atoms with Gasteiger partial charge in [-0.25, -0.2) is 9.89 Å². The predicted molar refractivity (Wildman–Crippen MR) is 111 cm³/mol. The zero-order chi connectivity index (χ0) is 19.8. The van der Waals surface area contributed by atoms with Crippen LogP contribution >= 0.6 is 11.8 Å². The maximum absolute atomic E-state index is 12.6. The van der Waals surface area contributed by atoms with Crippen molar-refractivity contribution in [3.05, 3.63) is 82.3 Å². The van der Waals surface area contributed by atoms with Crippen LogP contribution in [0.25, 0.3) is 0 Å². The van der Waals surface area contributed by atoms with E-state index in [1.165, 1.54) is 11.8 Å². The number of rotatable bonds is 9. The van der Waals surface area contributed by atoms with Crippen molar-refractivity contribution in [1.29, 1.82) is 0 Å². The van der Waals surface area contributed by atoms with Crippen LogP contribution in [0.15, 0.2) is 70.6 Å². The van der Waals surface area contributed by atoms with Gasteiger partial charge in [-0.3, -0.25) is 9.36 Å². The molecular weight excluding hydrogens is 372 g/mol. The molecule has 1 heterocycles. The average molecular weight is 397 g/mol. The fraction of sp³-hybridized carbons (Fsp3) is 0.286. The third-order valence-corrected chi connectivity index (χ3v) is 5.77. The molecule has 6 nitrogen and oxygen atoms in total. The highest BCUT2D eigenvalue weighted by Crippen LogP contribution is 2.23. The number of amides is 1. The standard InChI is InChI=1S/C21H24N4O2S/c1-2-18(19(26)22-15-17-11-7-4-8-12-17)28-21-24-23-20(27)25(21)14-13-16-9-5-3-6-10-16/h3-12,18H,2,13-15H2,1H3,(H,22,26)(H,23,27). The first-order valence-corrected chi connectivity index (χ1v) is 10.2. The molecule has 1 unspecified atom stereocenters. The third kappa shape index (κ3) is 5.36. The van der Waals surface area contributed by atoms with Crippen LogP contribution in [-0.4, -0.2) is 25.9 Å². The van der Waals surface area contributed by atoms with Gasteiger partial charge in [-0.2, -0.15) is 0 Å². The number of nitrogens with one attached hydrogen (secondary N) is 2. The van der Waals surface area contributed by atoms with Crippen LogP contribution in [-0.2, 0) is 24.3 Å². The molecule has 0 bridgehead atoms. The van der Waals surface area contributed by atoms with Crippen molar-refractivity contribution in [2.75, 3.05) is 0 Å². The second-order valence-electron chi connectivity index (χ2n) is 6.42. The lowest BCUT2D eigenvalue weighted by molar-refractivity contribution is -0.120. The summed E-state index contributed by atoms with van der Waals surface area (Å²) >= 11 is 1.32. The Morgan fingerprint density at radius 3 is 2.39 bits per heavy atom. The normalized spacial score (nSPS) is 11.9. The first-order valence-electron chi connectivity index (χ1n) is 9.34. The summed E-state index contributed by atoms with van der Waals surface area (Å²) in [4.78, 5) is 24.7. The summed E-state index contributed by atoms with van der Waals surface area (Å²) in [5.41, 5.74) is 1.95. The Balaban J connectivity index is 1.62. The Labute approximate surface area is 168 Å². The number of aromatic nitrogens is 3. The topological polar surface area (TPSA) is 79.8 Å². The van der Waals surface area contributed by atoms with E-state index >= 15 is 0 Å². The summed E-state index contributed by atoms with van der Waals surface area (Å²) in [6, 6.07) is 19.8. The van der Waals surface area contributed by atoms with Crippen LogP contribution in [0.2, 0.25) is 0 Å². The second-order valence-corrected chi connectivity index (χ2v) is 7.59. The molecule has 0 fully saturated rings. The van der Waals surface area contributed by atoms with Crippen LogP contribution in [0.3, 0.4) is 0 Å². The van der Waals surface area contributed by atoms with Crippen LogP contribution < -0.4 is 11.0 Å². The van der Waals surface area contributed by atoms with Crippen molar-refractivity contribution in [2.45, 2.75) is 43.3 Å². The minimum atomic E-state index is -0.311. The number of H-pyrrole nitrogens is 1. The van der Waals surface area contributed by atoms with E-state index in [4.69, 9.17) is 0 Å². The minimum absolute atomic E-state index is 0.0542. The van der Waals surface area contributed by atoms with Gasteiger partial charge in [0.15, 0.2) is 5.16 Å². The van der Waals surface area contributed by atoms with Gasteiger partial charge in [-0.1, -0.05) is 79.3 Å². The number of carbonyl (C=O) groups excluding carboxylic acids is 1. The fourth-order valence-corrected chi connectivity index (χ4v) is 3.84.